The highest BCUT2D eigenvalue weighted by Crippen LogP contribution is 2.20. The Morgan fingerprint density at radius 3 is 2.60 bits per heavy atom. The summed E-state index contributed by atoms with van der Waals surface area (Å²) < 4.78 is 4.87. The maximum Gasteiger partial charge on any atom is 0.251 e. The van der Waals surface area contributed by atoms with E-state index in [4.69, 9.17) is 16.1 Å². The number of carbonyl (C=O) groups excluding carboxylic acids is 2. The molecule has 1 aliphatic carbocycles. The Morgan fingerprint density at radius 1 is 1.28 bits per heavy atom. The standard InChI is InChI=1S/C18H20ClN3O3/c1-11-15(17(19)25-22-11)8-9-16(23)20-10-12-2-4-13(5-3-12)18(24)21-14-6-7-14/h2-5,14H,6-10H2,1H3,(H,20,23)(H,21,24). The maximum atomic E-state index is 12.0. The lowest BCUT2D eigenvalue weighted by Crippen LogP contribution is -2.25. The lowest BCUT2D eigenvalue weighted by Gasteiger charge is -2.07. The first-order chi connectivity index (χ1) is 12.0. The molecule has 0 radical (unpaired) electrons. The molecular formula is C18H20ClN3O3. The summed E-state index contributed by atoms with van der Waals surface area (Å²) in [6.45, 7) is 2.21. The minimum absolute atomic E-state index is 0.0425. The molecule has 0 aliphatic heterocycles. The molecule has 0 saturated heterocycles. The van der Waals surface area contributed by atoms with E-state index in [9.17, 15) is 9.59 Å². The average Bonchev–Trinajstić information content (AvgIpc) is 3.36. The van der Waals surface area contributed by atoms with Gasteiger partial charge in [-0.05, 0) is 55.5 Å². The van der Waals surface area contributed by atoms with E-state index in [0.717, 1.165) is 24.0 Å². The summed E-state index contributed by atoms with van der Waals surface area (Å²) in [6.07, 6.45) is 2.93. The third-order valence-electron chi connectivity index (χ3n) is 4.16. The van der Waals surface area contributed by atoms with Crippen LogP contribution in [0.3, 0.4) is 0 Å². The SMILES string of the molecule is Cc1noc(Cl)c1CCC(=O)NCc1ccc(C(=O)NC2CC2)cc1. The topological polar surface area (TPSA) is 84.2 Å². The summed E-state index contributed by atoms with van der Waals surface area (Å²) in [5.74, 6) is -0.119. The molecule has 7 heteroatoms. The van der Waals surface area contributed by atoms with Crippen molar-refractivity contribution in [2.75, 3.05) is 0 Å². The molecule has 1 heterocycles. The van der Waals surface area contributed by atoms with Gasteiger partial charge in [-0.3, -0.25) is 9.59 Å². The molecule has 1 fully saturated rings. The molecule has 1 aromatic carbocycles. The van der Waals surface area contributed by atoms with Gasteiger partial charge in [0.2, 0.25) is 11.1 Å². The summed E-state index contributed by atoms with van der Waals surface area (Å²) in [5.41, 5.74) is 3.05. The number of nitrogens with one attached hydrogen (secondary N) is 2. The molecule has 0 unspecified atom stereocenters. The van der Waals surface area contributed by atoms with E-state index in [1.807, 2.05) is 12.1 Å². The second kappa shape index (κ2) is 7.70. The van der Waals surface area contributed by atoms with Gasteiger partial charge in [0.1, 0.15) is 0 Å². The van der Waals surface area contributed by atoms with Crippen LogP contribution in [0.5, 0.6) is 0 Å². The van der Waals surface area contributed by atoms with Gasteiger partial charge in [0.15, 0.2) is 0 Å². The van der Waals surface area contributed by atoms with Crippen LogP contribution in [0.4, 0.5) is 0 Å². The van der Waals surface area contributed by atoms with Crippen molar-refractivity contribution < 1.29 is 14.1 Å². The molecule has 2 amide bonds. The van der Waals surface area contributed by atoms with Crippen LogP contribution >= 0.6 is 11.6 Å². The van der Waals surface area contributed by atoms with Crippen molar-refractivity contribution in [1.82, 2.24) is 15.8 Å². The van der Waals surface area contributed by atoms with Crippen molar-refractivity contribution >= 4 is 23.4 Å². The first-order valence-corrected chi connectivity index (χ1v) is 8.68. The Morgan fingerprint density at radius 2 is 2.00 bits per heavy atom. The number of halogens is 1. The smallest absolute Gasteiger partial charge is 0.251 e. The predicted octanol–water partition coefficient (Wildman–Crippen LogP) is 2.78. The molecule has 1 aromatic heterocycles. The number of aromatic nitrogens is 1. The van der Waals surface area contributed by atoms with Gasteiger partial charge in [0.25, 0.3) is 5.91 Å². The Balaban J connectivity index is 1.44. The molecule has 1 aliphatic rings. The summed E-state index contributed by atoms with van der Waals surface area (Å²) in [6, 6.07) is 7.60. The second-order valence-corrected chi connectivity index (χ2v) is 6.58. The zero-order chi connectivity index (χ0) is 17.8. The lowest BCUT2D eigenvalue weighted by atomic mass is 10.1. The second-order valence-electron chi connectivity index (χ2n) is 6.24. The largest absolute Gasteiger partial charge is 0.352 e. The van der Waals surface area contributed by atoms with Crippen molar-refractivity contribution in [3.8, 4) is 0 Å². The van der Waals surface area contributed by atoms with E-state index in [0.29, 0.717) is 36.7 Å². The number of rotatable bonds is 7. The molecular weight excluding hydrogens is 342 g/mol. The fourth-order valence-corrected chi connectivity index (χ4v) is 2.70. The highest BCUT2D eigenvalue weighted by atomic mass is 35.5. The van der Waals surface area contributed by atoms with Crippen molar-refractivity contribution in [1.29, 1.82) is 0 Å². The summed E-state index contributed by atoms with van der Waals surface area (Å²) in [5, 5.41) is 9.81. The fourth-order valence-electron chi connectivity index (χ4n) is 2.44. The van der Waals surface area contributed by atoms with Gasteiger partial charge in [0.05, 0.1) is 5.69 Å². The number of benzene rings is 1. The normalized spacial score (nSPS) is 13.5. The molecule has 0 bridgehead atoms. The third kappa shape index (κ3) is 4.82. The van der Waals surface area contributed by atoms with Crippen LogP contribution in [0.15, 0.2) is 28.8 Å². The van der Waals surface area contributed by atoms with Gasteiger partial charge >= 0.3 is 0 Å². The highest BCUT2D eigenvalue weighted by molar-refractivity contribution is 6.29. The van der Waals surface area contributed by atoms with Crippen LogP contribution in [0.1, 0.15) is 46.4 Å². The van der Waals surface area contributed by atoms with Gasteiger partial charge in [0, 0.05) is 30.1 Å². The first-order valence-electron chi connectivity index (χ1n) is 8.30. The minimum atomic E-state index is -0.0766. The number of amides is 2. The van der Waals surface area contributed by atoms with E-state index < -0.39 is 0 Å². The van der Waals surface area contributed by atoms with E-state index in [-0.39, 0.29) is 17.0 Å². The molecule has 0 atom stereocenters. The molecule has 132 valence electrons. The van der Waals surface area contributed by atoms with E-state index in [1.165, 1.54) is 0 Å². The van der Waals surface area contributed by atoms with Gasteiger partial charge in [-0.2, -0.15) is 0 Å². The molecule has 2 N–H and O–H groups in total. The molecule has 2 aromatic rings. The zero-order valence-corrected chi connectivity index (χ0v) is 14.7. The van der Waals surface area contributed by atoms with E-state index in [2.05, 4.69) is 15.8 Å². The molecule has 6 nitrogen and oxygen atoms in total. The molecule has 0 spiro atoms. The Labute approximate surface area is 150 Å². The third-order valence-corrected chi connectivity index (χ3v) is 4.45. The Hall–Kier alpha value is -2.34. The average molecular weight is 362 g/mol. The summed E-state index contributed by atoms with van der Waals surface area (Å²) in [4.78, 5) is 23.9. The highest BCUT2D eigenvalue weighted by Gasteiger charge is 2.23. The first kappa shape index (κ1) is 17.5. The van der Waals surface area contributed by atoms with Crippen molar-refractivity contribution in [2.45, 2.75) is 45.2 Å². The number of nitrogens with zero attached hydrogens (tertiary/aromatic N) is 1. The number of aryl methyl sites for hydroxylation is 1. The van der Waals surface area contributed by atoms with E-state index >= 15 is 0 Å². The van der Waals surface area contributed by atoms with Gasteiger partial charge < -0.3 is 15.2 Å². The van der Waals surface area contributed by atoms with Crippen LogP contribution in [0.25, 0.3) is 0 Å². The lowest BCUT2D eigenvalue weighted by molar-refractivity contribution is -0.121. The van der Waals surface area contributed by atoms with Gasteiger partial charge in [-0.25, -0.2) is 0 Å². The Kier molecular flexibility index (Phi) is 5.38. The summed E-state index contributed by atoms with van der Waals surface area (Å²) >= 11 is 5.88. The fraction of sp³-hybridized carbons (Fsp3) is 0.389. The van der Waals surface area contributed by atoms with Gasteiger partial charge in [-0.1, -0.05) is 17.3 Å². The van der Waals surface area contributed by atoms with Crippen LogP contribution in [-0.4, -0.2) is 23.0 Å². The van der Waals surface area contributed by atoms with E-state index in [1.54, 1.807) is 19.1 Å². The number of hydrogen-bond donors (Lipinski definition) is 2. The molecule has 1 saturated carbocycles. The van der Waals surface area contributed by atoms with Crippen molar-refractivity contribution in [3.63, 3.8) is 0 Å². The van der Waals surface area contributed by atoms with Crippen LogP contribution in [0.2, 0.25) is 5.22 Å². The molecule has 3 rings (SSSR count). The molecule has 25 heavy (non-hydrogen) atoms. The van der Waals surface area contributed by atoms with Crippen molar-refractivity contribution in [3.05, 3.63) is 51.9 Å². The zero-order valence-electron chi connectivity index (χ0n) is 14.0. The minimum Gasteiger partial charge on any atom is -0.352 e. The van der Waals surface area contributed by atoms with Crippen LogP contribution in [0, 0.1) is 6.92 Å². The quantitative estimate of drug-likeness (QED) is 0.794. The monoisotopic (exact) mass is 361 g/mol. The predicted molar refractivity (Wildman–Crippen MR) is 93.3 cm³/mol. The number of carbonyl (C=O) groups is 2. The van der Waals surface area contributed by atoms with Crippen LogP contribution in [-0.2, 0) is 17.8 Å². The van der Waals surface area contributed by atoms with Gasteiger partial charge in [-0.15, -0.1) is 0 Å². The van der Waals surface area contributed by atoms with Crippen LogP contribution < -0.4 is 10.6 Å². The summed E-state index contributed by atoms with van der Waals surface area (Å²) in [7, 11) is 0. The maximum absolute atomic E-state index is 12.0. The Bertz CT molecular complexity index is 747. The van der Waals surface area contributed by atoms with Crippen molar-refractivity contribution in [2.24, 2.45) is 0 Å². The number of hydrogen-bond acceptors (Lipinski definition) is 4.